The van der Waals surface area contributed by atoms with Crippen LogP contribution in [0.5, 0.6) is 0 Å². The van der Waals surface area contributed by atoms with Gasteiger partial charge in [-0.25, -0.2) is 0 Å². The molecule has 0 amide bonds. The van der Waals surface area contributed by atoms with Crippen molar-refractivity contribution >= 4 is 0 Å². The van der Waals surface area contributed by atoms with Gasteiger partial charge in [-0.1, -0.05) is 63.6 Å². The van der Waals surface area contributed by atoms with Gasteiger partial charge in [-0.3, -0.25) is 0 Å². The van der Waals surface area contributed by atoms with E-state index in [1.165, 1.54) is 44.1 Å². The molecule has 0 saturated heterocycles. The van der Waals surface area contributed by atoms with Crippen molar-refractivity contribution in [1.82, 2.24) is 0 Å². The molecular formula is C29H46O. The summed E-state index contributed by atoms with van der Waals surface area (Å²) >= 11 is 0. The first-order chi connectivity index (χ1) is 14.2. The predicted octanol–water partition coefficient (Wildman–Crippen LogP) is 7.72. The molecule has 0 unspecified atom stereocenters. The fourth-order valence-corrected chi connectivity index (χ4v) is 8.64. The minimum Gasteiger partial charge on any atom is -0.393 e. The summed E-state index contributed by atoms with van der Waals surface area (Å²) in [5.74, 6) is 4.64. The number of hydrogen-bond donors (Lipinski definition) is 1. The smallest absolute Gasteiger partial charge is 0.0577 e. The molecular weight excluding hydrogens is 364 g/mol. The average molecular weight is 411 g/mol. The van der Waals surface area contributed by atoms with E-state index in [1.807, 2.05) is 0 Å². The molecule has 1 heteroatoms. The van der Waals surface area contributed by atoms with Crippen LogP contribution in [-0.2, 0) is 0 Å². The van der Waals surface area contributed by atoms with Crippen molar-refractivity contribution in [2.24, 2.45) is 46.3 Å². The van der Waals surface area contributed by atoms with Crippen LogP contribution in [-0.4, -0.2) is 11.2 Å². The summed E-state index contributed by atoms with van der Waals surface area (Å²) in [5, 5.41) is 10.2. The van der Waals surface area contributed by atoms with E-state index in [0.29, 0.717) is 22.7 Å². The molecule has 0 bridgehead atoms. The Balaban J connectivity index is 1.53. The SMILES string of the molecule is C=C(C)[C@H](C=C[C@@H](C)[C@H]1CC[C@H]2[C@@H]3CC=C4C[C@@H](O)CC[C@]4(C)[C@H]3CC[C@]12C)CC. The van der Waals surface area contributed by atoms with Gasteiger partial charge in [0, 0.05) is 0 Å². The van der Waals surface area contributed by atoms with Gasteiger partial charge in [-0.05, 0) is 111 Å². The van der Waals surface area contributed by atoms with Crippen LogP contribution >= 0.6 is 0 Å². The minimum atomic E-state index is -0.0932. The molecule has 0 heterocycles. The van der Waals surface area contributed by atoms with Crippen molar-refractivity contribution in [2.75, 3.05) is 0 Å². The molecule has 3 fully saturated rings. The van der Waals surface area contributed by atoms with E-state index >= 15 is 0 Å². The number of rotatable bonds is 5. The highest BCUT2D eigenvalue weighted by atomic mass is 16.3. The van der Waals surface area contributed by atoms with Crippen LogP contribution in [0.15, 0.2) is 36.0 Å². The molecule has 30 heavy (non-hydrogen) atoms. The molecule has 0 aromatic rings. The van der Waals surface area contributed by atoms with Gasteiger partial charge in [0.25, 0.3) is 0 Å². The average Bonchev–Trinajstić information content (AvgIpc) is 3.06. The second-order valence-electron chi connectivity index (χ2n) is 12.0. The Morgan fingerprint density at radius 3 is 2.63 bits per heavy atom. The van der Waals surface area contributed by atoms with E-state index in [2.05, 4.69) is 59.4 Å². The largest absolute Gasteiger partial charge is 0.393 e. The first-order valence-corrected chi connectivity index (χ1v) is 12.9. The van der Waals surface area contributed by atoms with Gasteiger partial charge in [0.1, 0.15) is 0 Å². The predicted molar refractivity (Wildman–Crippen MR) is 128 cm³/mol. The third kappa shape index (κ3) is 3.58. The zero-order valence-corrected chi connectivity index (χ0v) is 20.3. The fraction of sp³-hybridized carbons (Fsp3) is 0.793. The van der Waals surface area contributed by atoms with E-state index < -0.39 is 0 Å². The number of aliphatic hydroxyl groups excluding tert-OH is 1. The molecule has 0 aliphatic heterocycles. The number of allylic oxidation sites excluding steroid dienone is 4. The maximum absolute atomic E-state index is 10.2. The molecule has 4 aliphatic carbocycles. The monoisotopic (exact) mass is 410 g/mol. The van der Waals surface area contributed by atoms with Gasteiger partial charge in [-0.15, -0.1) is 0 Å². The highest BCUT2D eigenvalue weighted by Gasteiger charge is 2.58. The van der Waals surface area contributed by atoms with E-state index in [9.17, 15) is 5.11 Å². The van der Waals surface area contributed by atoms with Crippen LogP contribution < -0.4 is 0 Å². The van der Waals surface area contributed by atoms with Crippen molar-refractivity contribution in [3.8, 4) is 0 Å². The molecule has 1 nitrogen and oxygen atoms in total. The third-order valence-electron chi connectivity index (χ3n) is 10.5. The summed E-state index contributed by atoms with van der Waals surface area (Å²) in [7, 11) is 0. The zero-order valence-electron chi connectivity index (χ0n) is 20.3. The Morgan fingerprint density at radius 1 is 1.17 bits per heavy atom. The summed E-state index contributed by atoms with van der Waals surface area (Å²) in [6, 6.07) is 0. The molecule has 4 rings (SSSR count). The second-order valence-corrected chi connectivity index (χ2v) is 12.0. The van der Waals surface area contributed by atoms with E-state index in [0.717, 1.165) is 42.9 Å². The Bertz CT molecular complexity index is 716. The van der Waals surface area contributed by atoms with Crippen molar-refractivity contribution in [1.29, 1.82) is 0 Å². The maximum Gasteiger partial charge on any atom is 0.0577 e. The van der Waals surface area contributed by atoms with Crippen molar-refractivity contribution in [3.05, 3.63) is 36.0 Å². The first-order valence-electron chi connectivity index (χ1n) is 12.9. The van der Waals surface area contributed by atoms with Gasteiger partial charge < -0.3 is 5.11 Å². The summed E-state index contributed by atoms with van der Waals surface area (Å²) in [6.07, 6.45) is 18.7. The topological polar surface area (TPSA) is 20.2 Å². The molecule has 168 valence electrons. The van der Waals surface area contributed by atoms with Gasteiger partial charge >= 0.3 is 0 Å². The lowest BCUT2D eigenvalue weighted by molar-refractivity contribution is -0.0540. The van der Waals surface area contributed by atoms with Crippen molar-refractivity contribution in [3.63, 3.8) is 0 Å². The van der Waals surface area contributed by atoms with Crippen LogP contribution in [0.4, 0.5) is 0 Å². The lowest BCUT2D eigenvalue weighted by Crippen LogP contribution is -2.50. The summed E-state index contributed by atoms with van der Waals surface area (Å²) in [6.45, 7) is 16.3. The Kier molecular flexibility index (Phi) is 6.17. The summed E-state index contributed by atoms with van der Waals surface area (Å²) in [4.78, 5) is 0. The lowest BCUT2D eigenvalue weighted by atomic mass is 9.47. The normalized spacial score (nSPS) is 45.3. The standard InChI is InChI=1S/C29H46O/c1-7-21(19(2)3)9-8-20(4)25-12-13-26-24-11-10-22-18-23(30)14-16-28(22,5)27(24)15-17-29(25,26)6/h8-10,20-21,23-27,30H,2,7,11-18H2,1,3-6H3/t20-,21+,23+,24+,25-,26+,27+,28+,29-/m1/s1. The molecule has 9 atom stereocenters. The second kappa shape index (κ2) is 8.27. The first kappa shape index (κ1) is 22.4. The van der Waals surface area contributed by atoms with Crippen LogP contribution in [0.3, 0.4) is 0 Å². The highest BCUT2D eigenvalue weighted by Crippen LogP contribution is 2.67. The molecule has 3 saturated carbocycles. The van der Waals surface area contributed by atoms with Crippen LogP contribution in [0, 0.1) is 46.3 Å². The van der Waals surface area contributed by atoms with E-state index in [-0.39, 0.29) is 6.10 Å². The maximum atomic E-state index is 10.2. The fourth-order valence-electron chi connectivity index (χ4n) is 8.64. The molecule has 0 aromatic heterocycles. The number of aliphatic hydroxyl groups is 1. The lowest BCUT2D eigenvalue weighted by Gasteiger charge is -2.58. The van der Waals surface area contributed by atoms with Crippen molar-refractivity contribution in [2.45, 2.75) is 98.5 Å². The molecule has 4 aliphatic rings. The third-order valence-corrected chi connectivity index (χ3v) is 10.5. The summed E-state index contributed by atoms with van der Waals surface area (Å²) in [5.41, 5.74) is 3.77. The molecule has 0 spiro atoms. The molecule has 0 aromatic carbocycles. The van der Waals surface area contributed by atoms with Crippen LogP contribution in [0.1, 0.15) is 92.4 Å². The Morgan fingerprint density at radius 2 is 1.93 bits per heavy atom. The Hall–Kier alpha value is -0.820. The van der Waals surface area contributed by atoms with Gasteiger partial charge in [0.15, 0.2) is 0 Å². The highest BCUT2D eigenvalue weighted by molar-refractivity contribution is 5.25. The number of hydrogen-bond acceptors (Lipinski definition) is 1. The van der Waals surface area contributed by atoms with Crippen LogP contribution in [0.2, 0.25) is 0 Å². The minimum absolute atomic E-state index is 0.0932. The van der Waals surface area contributed by atoms with Gasteiger partial charge in [-0.2, -0.15) is 0 Å². The zero-order chi connectivity index (χ0) is 21.7. The van der Waals surface area contributed by atoms with Crippen molar-refractivity contribution < 1.29 is 5.11 Å². The quantitative estimate of drug-likeness (QED) is 0.460. The Labute approximate surface area is 186 Å². The van der Waals surface area contributed by atoms with Gasteiger partial charge in [0.05, 0.1) is 6.10 Å². The molecule has 0 radical (unpaired) electrons. The van der Waals surface area contributed by atoms with Crippen LogP contribution in [0.25, 0.3) is 0 Å². The van der Waals surface area contributed by atoms with Gasteiger partial charge in [0.2, 0.25) is 0 Å². The number of fused-ring (bicyclic) bond motifs is 5. The van der Waals surface area contributed by atoms with E-state index in [4.69, 9.17) is 0 Å². The molecule has 1 N–H and O–H groups in total. The van der Waals surface area contributed by atoms with E-state index in [1.54, 1.807) is 5.57 Å². The summed E-state index contributed by atoms with van der Waals surface area (Å²) < 4.78 is 0.